The molecule has 0 saturated carbocycles. The van der Waals surface area contributed by atoms with Crippen molar-refractivity contribution in [1.82, 2.24) is 0 Å². The number of primary sulfonamides is 1. The number of nitrogens with two attached hydrogens (primary N) is 2. The predicted molar refractivity (Wildman–Crippen MR) is 78.6 cm³/mol. The third-order valence-electron chi connectivity index (χ3n) is 3.63. The van der Waals surface area contributed by atoms with Crippen LogP contribution in [-0.2, 0) is 14.8 Å². The highest BCUT2D eigenvalue weighted by Crippen LogP contribution is 2.31. The van der Waals surface area contributed by atoms with Gasteiger partial charge in [-0.3, -0.25) is 14.9 Å². The van der Waals surface area contributed by atoms with Crippen LogP contribution in [0.4, 0.5) is 11.4 Å². The summed E-state index contributed by atoms with van der Waals surface area (Å²) in [6.45, 7) is 0.778. The number of carbonyl (C=O) groups excluding carboxylic acids is 1. The largest absolute Gasteiger partial charge is 0.370 e. The summed E-state index contributed by atoms with van der Waals surface area (Å²) >= 11 is 0. The lowest BCUT2D eigenvalue weighted by atomic mass is 9.97. The molecule has 10 heteroatoms. The molecule has 1 fully saturated rings. The van der Waals surface area contributed by atoms with E-state index in [0.29, 0.717) is 19.4 Å². The molecule has 0 unspecified atom stereocenters. The van der Waals surface area contributed by atoms with E-state index in [0.717, 1.165) is 6.07 Å². The Balaban J connectivity index is 2.46. The summed E-state index contributed by atoms with van der Waals surface area (Å²) in [4.78, 5) is 22.8. The number of primary amides is 1. The van der Waals surface area contributed by atoms with E-state index < -0.39 is 26.8 Å². The molecule has 1 aliphatic heterocycles. The second-order valence-corrected chi connectivity index (χ2v) is 6.67. The maximum absolute atomic E-state index is 11.7. The summed E-state index contributed by atoms with van der Waals surface area (Å²) in [5, 5.41) is 16.0. The van der Waals surface area contributed by atoms with Crippen LogP contribution in [0.25, 0.3) is 0 Å². The fraction of sp³-hybridized carbons (Fsp3) is 0.417. The molecule has 120 valence electrons. The van der Waals surface area contributed by atoms with Crippen molar-refractivity contribution in [2.75, 3.05) is 18.0 Å². The minimum atomic E-state index is -4.14. The lowest BCUT2D eigenvalue weighted by Crippen LogP contribution is -2.41. The van der Waals surface area contributed by atoms with Gasteiger partial charge in [-0.1, -0.05) is 0 Å². The first-order valence-corrected chi connectivity index (χ1v) is 8.10. The number of anilines is 1. The van der Waals surface area contributed by atoms with Crippen molar-refractivity contribution < 1.29 is 18.1 Å². The molecule has 0 spiro atoms. The van der Waals surface area contributed by atoms with Gasteiger partial charge >= 0.3 is 0 Å². The van der Waals surface area contributed by atoms with E-state index in [1.165, 1.54) is 12.1 Å². The number of sulfonamides is 1. The zero-order valence-electron chi connectivity index (χ0n) is 11.6. The Morgan fingerprint density at radius 3 is 2.64 bits per heavy atom. The van der Waals surface area contributed by atoms with E-state index in [1.807, 2.05) is 0 Å². The molecule has 0 bridgehead atoms. The molecule has 1 atom stereocenters. The Hall–Kier alpha value is -2.20. The van der Waals surface area contributed by atoms with Gasteiger partial charge in [0.2, 0.25) is 15.9 Å². The molecule has 0 aromatic heterocycles. The Labute approximate surface area is 127 Å². The van der Waals surface area contributed by atoms with E-state index in [-0.39, 0.29) is 22.8 Å². The summed E-state index contributed by atoms with van der Waals surface area (Å²) in [7, 11) is -4.14. The average Bonchev–Trinajstić information content (AvgIpc) is 2.45. The molecule has 9 nitrogen and oxygen atoms in total. The van der Waals surface area contributed by atoms with Gasteiger partial charge in [0.25, 0.3) is 5.69 Å². The van der Waals surface area contributed by atoms with E-state index >= 15 is 0 Å². The Morgan fingerprint density at radius 2 is 2.09 bits per heavy atom. The van der Waals surface area contributed by atoms with Crippen molar-refractivity contribution in [3.63, 3.8) is 0 Å². The van der Waals surface area contributed by atoms with Crippen LogP contribution < -0.4 is 15.8 Å². The summed E-state index contributed by atoms with van der Waals surface area (Å²) < 4.78 is 23.4. The molecule has 0 radical (unpaired) electrons. The number of amides is 1. The van der Waals surface area contributed by atoms with Crippen molar-refractivity contribution in [2.24, 2.45) is 16.8 Å². The monoisotopic (exact) mass is 328 g/mol. The van der Waals surface area contributed by atoms with Crippen LogP contribution in [-0.4, -0.2) is 32.3 Å². The summed E-state index contributed by atoms with van der Waals surface area (Å²) in [5.74, 6) is -0.846. The van der Waals surface area contributed by atoms with Crippen LogP contribution in [0.5, 0.6) is 0 Å². The zero-order chi connectivity index (χ0) is 16.5. The first-order chi connectivity index (χ1) is 10.2. The van der Waals surface area contributed by atoms with Crippen molar-refractivity contribution in [2.45, 2.75) is 17.7 Å². The molecule has 22 heavy (non-hydrogen) atoms. The second kappa shape index (κ2) is 5.89. The third-order valence-corrected chi connectivity index (χ3v) is 4.57. The van der Waals surface area contributed by atoms with Gasteiger partial charge in [0.1, 0.15) is 4.90 Å². The van der Waals surface area contributed by atoms with Crippen LogP contribution in [0, 0.1) is 16.0 Å². The molecule has 1 saturated heterocycles. The fourth-order valence-electron chi connectivity index (χ4n) is 2.53. The Morgan fingerprint density at radius 1 is 1.41 bits per heavy atom. The topological polar surface area (TPSA) is 150 Å². The molecule has 1 heterocycles. The van der Waals surface area contributed by atoms with Gasteiger partial charge in [-0.05, 0) is 18.9 Å². The number of benzene rings is 1. The summed E-state index contributed by atoms with van der Waals surface area (Å²) in [6.07, 6.45) is 1.29. The van der Waals surface area contributed by atoms with Crippen LogP contribution in [0.3, 0.4) is 0 Å². The lowest BCUT2D eigenvalue weighted by molar-refractivity contribution is -0.385. The van der Waals surface area contributed by atoms with Crippen LogP contribution in [0.15, 0.2) is 23.1 Å². The molecule has 1 aromatic rings. The number of piperidine rings is 1. The van der Waals surface area contributed by atoms with E-state index in [4.69, 9.17) is 10.9 Å². The van der Waals surface area contributed by atoms with Crippen molar-refractivity contribution in [3.05, 3.63) is 28.3 Å². The van der Waals surface area contributed by atoms with Crippen LogP contribution in [0.2, 0.25) is 0 Å². The van der Waals surface area contributed by atoms with Crippen LogP contribution in [0.1, 0.15) is 12.8 Å². The Kier molecular flexibility index (Phi) is 4.33. The zero-order valence-corrected chi connectivity index (χ0v) is 12.5. The molecule has 0 aliphatic carbocycles. The van der Waals surface area contributed by atoms with Crippen LogP contribution >= 0.6 is 0 Å². The molecule has 1 aromatic carbocycles. The number of hydrogen-bond donors (Lipinski definition) is 2. The van der Waals surface area contributed by atoms with Gasteiger partial charge in [0.15, 0.2) is 0 Å². The number of rotatable bonds is 4. The minimum absolute atomic E-state index is 0.249. The third kappa shape index (κ3) is 3.34. The highest BCUT2D eigenvalue weighted by molar-refractivity contribution is 7.89. The number of nitrogens with zero attached hydrogens (tertiary/aromatic N) is 2. The van der Waals surface area contributed by atoms with Crippen molar-refractivity contribution in [3.8, 4) is 0 Å². The molecule has 1 amide bonds. The number of hydrogen-bond acceptors (Lipinski definition) is 6. The summed E-state index contributed by atoms with van der Waals surface area (Å²) in [5.41, 5.74) is 5.18. The van der Waals surface area contributed by atoms with Gasteiger partial charge in [-0.25, -0.2) is 13.6 Å². The molecular weight excluding hydrogens is 312 g/mol. The van der Waals surface area contributed by atoms with Crippen molar-refractivity contribution >= 4 is 27.3 Å². The molecule has 4 N–H and O–H groups in total. The van der Waals surface area contributed by atoms with Gasteiger partial charge in [0, 0.05) is 25.2 Å². The number of nitro groups is 1. The van der Waals surface area contributed by atoms with Gasteiger partial charge < -0.3 is 10.6 Å². The smallest absolute Gasteiger partial charge is 0.270 e. The predicted octanol–water partition coefficient (Wildman–Crippen LogP) is -0.0561. The van der Waals surface area contributed by atoms with E-state index in [2.05, 4.69) is 0 Å². The van der Waals surface area contributed by atoms with E-state index in [9.17, 15) is 23.3 Å². The minimum Gasteiger partial charge on any atom is -0.370 e. The fourth-order valence-corrected chi connectivity index (χ4v) is 3.31. The SMILES string of the molecule is NC(=O)[C@@H]1CCCN(c2ccc([N+](=O)[O-])cc2S(N)(=O)=O)C1. The van der Waals surface area contributed by atoms with Gasteiger partial charge in [-0.2, -0.15) is 0 Å². The first kappa shape index (κ1) is 16.2. The number of nitro benzene ring substituents is 1. The average molecular weight is 328 g/mol. The highest BCUT2D eigenvalue weighted by Gasteiger charge is 2.28. The quantitative estimate of drug-likeness (QED) is 0.584. The second-order valence-electron chi connectivity index (χ2n) is 5.14. The Bertz CT molecular complexity index is 718. The molecular formula is C12H16N4O5S. The lowest BCUT2D eigenvalue weighted by Gasteiger charge is -2.33. The number of non-ortho nitro benzene ring substituents is 1. The number of carbonyl (C=O) groups is 1. The summed E-state index contributed by atoms with van der Waals surface area (Å²) in [6, 6.07) is 3.47. The standard InChI is InChI=1S/C12H16N4O5S/c13-12(17)8-2-1-5-15(7-8)10-4-3-9(16(18)19)6-11(10)22(14,20)21/h3-4,6,8H,1-2,5,7H2,(H2,13,17)(H2,14,20,21)/t8-/m1/s1. The first-order valence-electron chi connectivity index (χ1n) is 6.55. The normalized spacial score (nSPS) is 19.0. The highest BCUT2D eigenvalue weighted by atomic mass is 32.2. The molecule has 2 rings (SSSR count). The van der Waals surface area contributed by atoms with Crippen molar-refractivity contribution in [1.29, 1.82) is 0 Å². The van der Waals surface area contributed by atoms with Gasteiger partial charge in [0.05, 0.1) is 16.5 Å². The van der Waals surface area contributed by atoms with Gasteiger partial charge in [-0.15, -0.1) is 0 Å². The maximum atomic E-state index is 11.7. The van der Waals surface area contributed by atoms with E-state index in [1.54, 1.807) is 4.90 Å². The molecule has 1 aliphatic rings. The maximum Gasteiger partial charge on any atom is 0.270 e.